The molecule has 1 heterocycles. The van der Waals surface area contributed by atoms with E-state index in [0.29, 0.717) is 10.7 Å². The number of hydrogen-bond donors (Lipinski definition) is 2. The van der Waals surface area contributed by atoms with Gasteiger partial charge >= 0.3 is 0 Å². The molecule has 1 aromatic heterocycles. The molecule has 130 valence electrons. The first kappa shape index (κ1) is 17.4. The Morgan fingerprint density at radius 3 is 2.46 bits per heavy atom. The van der Waals surface area contributed by atoms with Crippen LogP contribution in [0.5, 0.6) is 0 Å². The molecule has 0 saturated heterocycles. The van der Waals surface area contributed by atoms with E-state index in [9.17, 15) is 9.59 Å². The average Bonchev–Trinajstić information content (AvgIpc) is 3.18. The van der Waals surface area contributed by atoms with Crippen LogP contribution in [-0.4, -0.2) is 18.0 Å². The monoisotopic (exact) mass is 367 g/mol. The Morgan fingerprint density at radius 2 is 1.73 bits per heavy atom. The number of nitrogens with zero attached hydrogens (tertiary/aromatic N) is 1. The summed E-state index contributed by atoms with van der Waals surface area (Å²) >= 11 is 5.82. The molecule has 6 nitrogen and oxygen atoms in total. The van der Waals surface area contributed by atoms with E-state index in [4.69, 9.17) is 16.0 Å². The third kappa shape index (κ3) is 4.37. The van der Waals surface area contributed by atoms with Crippen LogP contribution in [0.2, 0.25) is 5.02 Å². The molecule has 0 aliphatic carbocycles. The summed E-state index contributed by atoms with van der Waals surface area (Å²) in [5.74, 6) is -0.744. The van der Waals surface area contributed by atoms with Gasteiger partial charge in [0.1, 0.15) is 0 Å². The average molecular weight is 368 g/mol. The Morgan fingerprint density at radius 1 is 0.962 bits per heavy atom. The number of furan rings is 1. The number of halogens is 1. The second-order valence-electron chi connectivity index (χ2n) is 5.23. The Balaban J connectivity index is 1.69. The topological polar surface area (TPSA) is 83.7 Å². The molecular weight excluding hydrogens is 354 g/mol. The van der Waals surface area contributed by atoms with E-state index in [-0.39, 0.29) is 11.3 Å². The van der Waals surface area contributed by atoms with Crippen molar-refractivity contribution in [3.63, 3.8) is 0 Å². The molecule has 0 fully saturated rings. The summed E-state index contributed by atoms with van der Waals surface area (Å²) in [7, 11) is 0. The minimum atomic E-state index is -0.453. The summed E-state index contributed by atoms with van der Waals surface area (Å²) in [5.41, 5.74) is 3.85. The third-order valence-electron chi connectivity index (χ3n) is 3.41. The van der Waals surface area contributed by atoms with Crippen molar-refractivity contribution in [1.29, 1.82) is 0 Å². The molecule has 2 N–H and O–H groups in total. The summed E-state index contributed by atoms with van der Waals surface area (Å²) in [6.45, 7) is 0. The normalized spacial score (nSPS) is 10.7. The van der Waals surface area contributed by atoms with Crippen molar-refractivity contribution >= 4 is 35.3 Å². The largest absolute Gasteiger partial charge is 0.459 e. The van der Waals surface area contributed by atoms with Crippen LogP contribution in [0.15, 0.2) is 76.4 Å². The van der Waals surface area contributed by atoms with Gasteiger partial charge in [-0.2, -0.15) is 5.10 Å². The Hall–Kier alpha value is -3.38. The van der Waals surface area contributed by atoms with Gasteiger partial charge in [-0.05, 0) is 42.0 Å². The molecule has 0 aliphatic heterocycles. The van der Waals surface area contributed by atoms with Crippen molar-refractivity contribution in [2.24, 2.45) is 5.10 Å². The quantitative estimate of drug-likeness (QED) is 0.529. The first-order chi connectivity index (χ1) is 12.6. The summed E-state index contributed by atoms with van der Waals surface area (Å²) in [5, 5.41) is 7.18. The summed E-state index contributed by atoms with van der Waals surface area (Å²) in [6.07, 6.45) is 2.90. The number of hydrazone groups is 1. The fraction of sp³-hybridized carbons (Fsp3) is 0. The molecule has 3 aromatic rings. The van der Waals surface area contributed by atoms with Crippen LogP contribution >= 0.6 is 11.6 Å². The smallest absolute Gasteiger partial charge is 0.291 e. The van der Waals surface area contributed by atoms with Gasteiger partial charge in [-0.3, -0.25) is 9.59 Å². The second-order valence-corrected chi connectivity index (χ2v) is 5.66. The molecule has 0 radical (unpaired) electrons. The summed E-state index contributed by atoms with van der Waals surface area (Å²) < 4.78 is 5.04. The molecule has 2 amide bonds. The number of rotatable bonds is 5. The number of carbonyl (C=O) groups is 2. The Bertz CT molecular complexity index is 935. The number of benzene rings is 2. The van der Waals surface area contributed by atoms with Crippen molar-refractivity contribution in [2.45, 2.75) is 0 Å². The maximum atomic E-state index is 12.4. The molecule has 7 heteroatoms. The predicted molar refractivity (Wildman–Crippen MR) is 99.6 cm³/mol. The molecule has 0 bridgehead atoms. The predicted octanol–water partition coefficient (Wildman–Crippen LogP) is 3.95. The number of para-hydroxylation sites is 1. The highest BCUT2D eigenvalue weighted by atomic mass is 35.5. The van der Waals surface area contributed by atoms with Crippen LogP contribution in [-0.2, 0) is 0 Å². The van der Waals surface area contributed by atoms with Crippen molar-refractivity contribution in [3.05, 3.63) is 88.8 Å². The first-order valence-corrected chi connectivity index (χ1v) is 8.04. The highest BCUT2D eigenvalue weighted by Gasteiger charge is 2.14. The first-order valence-electron chi connectivity index (χ1n) is 7.66. The van der Waals surface area contributed by atoms with Crippen LogP contribution in [0, 0.1) is 0 Å². The van der Waals surface area contributed by atoms with Gasteiger partial charge in [0.15, 0.2) is 5.76 Å². The van der Waals surface area contributed by atoms with E-state index >= 15 is 0 Å². The molecule has 0 unspecified atom stereocenters. The zero-order valence-electron chi connectivity index (χ0n) is 13.5. The molecule has 0 aliphatic rings. The van der Waals surface area contributed by atoms with Crippen LogP contribution < -0.4 is 10.7 Å². The molecule has 26 heavy (non-hydrogen) atoms. The van der Waals surface area contributed by atoms with Crippen molar-refractivity contribution in [3.8, 4) is 0 Å². The molecule has 0 spiro atoms. The summed E-state index contributed by atoms with van der Waals surface area (Å²) in [6, 6.07) is 16.8. The van der Waals surface area contributed by atoms with Crippen LogP contribution in [0.3, 0.4) is 0 Å². The van der Waals surface area contributed by atoms with E-state index in [1.54, 1.807) is 54.6 Å². The van der Waals surface area contributed by atoms with Crippen LogP contribution in [0.25, 0.3) is 0 Å². The zero-order valence-corrected chi connectivity index (χ0v) is 14.2. The lowest BCUT2D eigenvalue weighted by Gasteiger charge is -2.08. The highest BCUT2D eigenvalue weighted by Crippen LogP contribution is 2.16. The van der Waals surface area contributed by atoms with E-state index < -0.39 is 11.8 Å². The second kappa shape index (κ2) is 8.13. The lowest BCUT2D eigenvalue weighted by atomic mass is 10.1. The number of nitrogens with one attached hydrogen (secondary N) is 2. The summed E-state index contributed by atoms with van der Waals surface area (Å²) in [4.78, 5) is 24.5. The van der Waals surface area contributed by atoms with Crippen LogP contribution in [0.4, 0.5) is 5.69 Å². The maximum Gasteiger partial charge on any atom is 0.291 e. The number of carbonyl (C=O) groups excluding carboxylic acids is 2. The Kier molecular flexibility index (Phi) is 5.46. The molecule has 2 aromatic carbocycles. The Labute approximate surface area is 154 Å². The lowest BCUT2D eigenvalue weighted by molar-refractivity contribution is 0.0956. The maximum absolute atomic E-state index is 12.4. The number of amides is 2. The van der Waals surface area contributed by atoms with Gasteiger partial charge in [0, 0.05) is 5.02 Å². The number of anilines is 1. The standard InChI is InChI=1S/C19H14ClN3O3/c20-14-9-7-13(8-10-14)12-21-23-18(24)15-4-1-2-5-16(15)22-19(25)17-6-3-11-26-17/h1-12H,(H,22,25)(H,23,24)/b21-12+. The molecule has 3 rings (SSSR count). The van der Waals surface area contributed by atoms with E-state index in [1.165, 1.54) is 18.5 Å². The van der Waals surface area contributed by atoms with Crippen molar-refractivity contribution in [1.82, 2.24) is 5.43 Å². The van der Waals surface area contributed by atoms with E-state index in [1.807, 2.05) is 0 Å². The number of hydrogen-bond acceptors (Lipinski definition) is 4. The van der Waals surface area contributed by atoms with Crippen molar-refractivity contribution in [2.75, 3.05) is 5.32 Å². The highest BCUT2D eigenvalue weighted by molar-refractivity contribution is 6.30. The SMILES string of the molecule is O=C(Nc1ccccc1C(=O)N/N=C/c1ccc(Cl)cc1)c1ccco1. The minimum absolute atomic E-state index is 0.154. The van der Waals surface area contributed by atoms with E-state index in [0.717, 1.165) is 5.56 Å². The fourth-order valence-corrected chi connectivity index (χ4v) is 2.28. The molecule has 0 atom stereocenters. The van der Waals surface area contributed by atoms with Gasteiger partial charge in [0.2, 0.25) is 0 Å². The lowest BCUT2D eigenvalue weighted by Crippen LogP contribution is -2.21. The zero-order chi connectivity index (χ0) is 18.4. The van der Waals surface area contributed by atoms with Crippen LogP contribution in [0.1, 0.15) is 26.5 Å². The van der Waals surface area contributed by atoms with Gasteiger partial charge in [0.25, 0.3) is 11.8 Å². The van der Waals surface area contributed by atoms with Gasteiger partial charge in [-0.1, -0.05) is 35.9 Å². The van der Waals surface area contributed by atoms with Gasteiger partial charge in [-0.25, -0.2) is 5.43 Å². The fourth-order valence-electron chi connectivity index (χ4n) is 2.16. The van der Waals surface area contributed by atoms with Crippen molar-refractivity contribution < 1.29 is 14.0 Å². The minimum Gasteiger partial charge on any atom is -0.459 e. The molecular formula is C19H14ClN3O3. The van der Waals surface area contributed by atoms with Gasteiger partial charge in [0.05, 0.1) is 23.7 Å². The van der Waals surface area contributed by atoms with Gasteiger partial charge in [-0.15, -0.1) is 0 Å². The van der Waals surface area contributed by atoms with Gasteiger partial charge < -0.3 is 9.73 Å². The molecule has 0 saturated carbocycles. The van der Waals surface area contributed by atoms with E-state index in [2.05, 4.69) is 15.8 Å². The third-order valence-corrected chi connectivity index (χ3v) is 3.67.